The van der Waals surface area contributed by atoms with Crippen LogP contribution in [0.25, 0.3) is 0 Å². The molecule has 0 saturated carbocycles. The van der Waals surface area contributed by atoms with Gasteiger partial charge < -0.3 is 4.90 Å². The molecule has 0 aromatic heterocycles. The number of hydrogen-bond acceptors (Lipinski definition) is 1. The molecule has 0 radical (unpaired) electrons. The lowest BCUT2D eigenvalue weighted by Crippen LogP contribution is -2.37. The van der Waals surface area contributed by atoms with Crippen molar-refractivity contribution in [3.63, 3.8) is 0 Å². The second-order valence-electron chi connectivity index (χ2n) is 3.74. The maximum Gasteiger partial charge on any atom is 0.255 e. The van der Waals surface area contributed by atoms with E-state index in [1.807, 2.05) is 0 Å². The Bertz CT molecular complexity index is 429. The number of nitrogens with zero attached hydrogens (tertiary/aromatic N) is 1. The molecule has 1 aromatic carbocycles. The highest BCUT2D eigenvalue weighted by Gasteiger charge is 2.21. The third-order valence-electron chi connectivity index (χ3n) is 2.50. The van der Waals surface area contributed by atoms with Crippen LogP contribution in [0.3, 0.4) is 0 Å². The summed E-state index contributed by atoms with van der Waals surface area (Å²) < 4.78 is 25.6. The molecule has 0 saturated heterocycles. The molecule has 100 valence electrons. The van der Waals surface area contributed by atoms with Gasteiger partial charge in [-0.3, -0.25) is 4.79 Å². The molecule has 0 unspecified atom stereocenters. The Morgan fingerprint density at radius 2 is 2.17 bits per heavy atom. The maximum atomic E-state index is 12.4. The molecule has 0 N–H and O–H groups in total. The molecule has 0 aliphatic carbocycles. The summed E-state index contributed by atoms with van der Waals surface area (Å²) in [5.41, 5.74) is 1.14. The van der Waals surface area contributed by atoms with Crippen LogP contribution in [0.1, 0.15) is 15.9 Å². The topological polar surface area (TPSA) is 20.3 Å². The van der Waals surface area contributed by atoms with Gasteiger partial charge in [-0.25, -0.2) is 8.78 Å². The van der Waals surface area contributed by atoms with Crippen LogP contribution < -0.4 is 0 Å². The van der Waals surface area contributed by atoms with Gasteiger partial charge in [-0.2, -0.15) is 0 Å². The highest BCUT2D eigenvalue weighted by Crippen LogP contribution is 2.21. The minimum absolute atomic E-state index is 0.108. The van der Waals surface area contributed by atoms with E-state index in [0.29, 0.717) is 5.56 Å². The first kappa shape index (κ1) is 15.4. The smallest absolute Gasteiger partial charge is 0.255 e. The van der Waals surface area contributed by atoms with Gasteiger partial charge in [-0.05, 0) is 24.6 Å². The second kappa shape index (κ2) is 7.04. The van der Waals surface area contributed by atoms with Crippen LogP contribution in [0, 0.1) is 6.92 Å². The lowest BCUT2D eigenvalue weighted by Gasteiger charge is -2.22. The predicted octanol–water partition coefficient (Wildman–Crippen LogP) is 3.70. The van der Waals surface area contributed by atoms with Crippen molar-refractivity contribution in [2.75, 3.05) is 19.0 Å². The zero-order valence-corrected chi connectivity index (χ0v) is 12.1. The fourth-order valence-corrected chi connectivity index (χ4v) is 2.12. The first-order chi connectivity index (χ1) is 8.47. The summed E-state index contributed by atoms with van der Waals surface area (Å²) in [6.07, 6.45) is -2.57. The van der Waals surface area contributed by atoms with Gasteiger partial charge in [0.25, 0.3) is 12.3 Å². The van der Waals surface area contributed by atoms with Gasteiger partial charge in [-0.1, -0.05) is 22.0 Å². The summed E-state index contributed by atoms with van der Waals surface area (Å²) in [6, 6.07) is 5.12. The molecule has 0 aliphatic rings. The van der Waals surface area contributed by atoms with Gasteiger partial charge in [0.05, 0.1) is 6.54 Å². The monoisotopic (exact) mass is 339 g/mol. The molecule has 0 fully saturated rings. The summed E-state index contributed by atoms with van der Waals surface area (Å²) in [5.74, 6) is -0.291. The standard InChI is InChI=1S/C12H13BrClF2NO/c1-8-9(3-2-4-10(8)13)12(18)17(6-5-14)7-11(15)16/h2-4,11H,5-7H2,1H3. The van der Waals surface area contributed by atoms with Gasteiger partial charge in [0.2, 0.25) is 0 Å². The van der Waals surface area contributed by atoms with E-state index in [1.165, 1.54) is 0 Å². The van der Waals surface area contributed by atoms with Crippen LogP contribution in [-0.2, 0) is 0 Å². The lowest BCUT2D eigenvalue weighted by atomic mass is 10.1. The number of alkyl halides is 3. The summed E-state index contributed by atoms with van der Waals surface area (Å²) in [7, 11) is 0. The first-order valence-corrected chi connectivity index (χ1v) is 6.68. The Labute approximate surface area is 118 Å². The van der Waals surface area contributed by atoms with Crippen molar-refractivity contribution >= 4 is 33.4 Å². The molecule has 2 nitrogen and oxygen atoms in total. The molecule has 0 atom stereocenters. The van der Waals surface area contributed by atoms with E-state index in [4.69, 9.17) is 11.6 Å². The number of carbonyl (C=O) groups excluding carboxylic acids is 1. The van der Waals surface area contributed by atoms with E-state index in [-0.39, 0.29) is 12.4 Å². The number of amides is 1. The maximum absolute atomic E-state index is 12.4. The van der Waals surface area contributed by atoms with Crippen molar-refractivity contribution in [1.29, 1.82) is 0 Å². The van der Waals surface area contributed by atoms with Crippen LogP contribution in [0.15, 0.2) is 22.7 Å². The van der Waals surface area contributed by atoms with Crippen molar-refractivity contribution in [2.24, 2.45) is 0 Å². The fourth-order valence-electron chi connectivity index (χ4n) is 1.55. The molecule has 18 heavy (non-hydrogen) atoms. The highest BCUT2D eigenvalue weighted by molar-refractivity contribution is 9.10. The number of hydrogen-bond donors (Lipinski definition) is 0. The minimum atomic E-state index is -2.57. The van der Waals surface area contributed by atoms with Gasteiger partial charge >= 0.3 is 0 Å². The number of halogens is 4. The summed E-state index contributed by atoms with van der Waals surface area (Å²) in [5, 5.41) is 0. The Hall–Kier alpha value is -0.680. The van der Waals surface area contributed by atoms with E-state index in [1.54, 1.807) is 25.1 Å². The Morgan fingerprint density at radius 1 is 1.50 bits per heavy atom. The van der Waals surface area contributed by atoms with Crippen molar-refractivity contribution < 1.29 is 13.6 Å². The van der Waals surface area contributed by atoms with E-state index in [2.05, 4.69) is 15.9 Å². The lowest BCUT2D eigenvalue weighted by molar-refractivity contribution is 0.0570. The third kappa shape index (κ3) is 3.92. The third-order valence-corrected chi connectivity index (χ3v) is 3.53. The van der Waals surface area contributed by atoms with Crippen molar-refractivity contribution in [1.82, 2.24) is 4.90 Å². The Kier molecular flexibility index (Phi) is 6.02. The zero-order valence-electron chi connectivity index (χ0n) is 9.80. The molecule has 1 amide bonds. The van der Waals surface area contributed by atoms with E-state index < -0.39 is 18.9 Å². The Morgan fingerprint density at radius 3 is 2.72 bits per heavy atom. The van der Waals surface area contributed by atoms with Crippen LogP contribution in [-0.4, -0.2) is 36.2 Å². The highest BCUT2D eigenvalue weighted by atomic mass is 79.9. The average molecular weight is 341 g/mol. The zero-order chi connectivity index (χ0) is 13.7. The van der Waals surface area contributed by atoms with Crippen molar-refractivity contribution in [2.45, 2.75) is 13.3 Å². The van der Waals surface area contributed by atoms with Crippen LogP contribution in [0.2, 0.25) is 0 Å². The van der Waals surface area contributed by atoms with Crippen LogP contribution >= 0.6 is 27.5 Å². The molecule has 0 aliphatic heterocycles. The largest absolute Gasteiger partial charge is 0.332 e. The van der Waals surface area contributed by atoms with Gasteiger partial charge in [0.15, 0.2) is 0 Å². The van der Waals surface area contributed by atoms with Gasteiger partial charge in [0, 0.05) is 22.5 Å². The average Bonchev–Trinajstić information content (AvgIpc) is 2.31. The normalized spacial score (nSPS) is 10.8. The van der Waals surface area contributed by atoms with E-state index in [0.717, 1.165) is 14.9 Å². The molecule has 0 spiro atoms. The van der Waals surface area contributed by atoms with E-state index >= 15 is 0 Å². The van der Waals surface area contributed by atoms with Crippen molar-refractivity contribution in [3.05, 3.63) is 33.8 Å². The molecule has 0 bridgehead atoms. The first-order valence-electron chi connectivity index (χ1n) is 5.36. The second-order valence-corrected chi connectivity index (χ2v) is 4.98. The molecular weight excluding hydrogens is 327 g/mol. The quantitative estimate of drug-likeness (QED) is 0.748. The number of benzene rings is 1. The molecular formula is C12H13BrClF2NO. The molecule has 6 heteroatoms. The number of carbonyl (C=O) groups is 1. The molecule has 1 rings (SSSR count). The van der Waals surface area contributed by atoms with Crippen LogP contribution in [0.4, 0.5) is 8.78 Å². The summed E-state index contributed by atoms with van der Waals surface area (Å²) in [6.45, 7) is 1.27. The fraction of sp³-hybridized carbons (Fsp3) is 0.417. The van der Waals surface area contributed by atoms with Crippen molar-refractivity contribution in [3.8, 4) is 0 Å². The summed E-state index contributed by atoms with van der Waals surface area (Å²) >= 11 is 8.84. The minimum Gasteiger partial charge on any atom is -0.332 e. The van der Waals surface area contributed by atoms with Gasteiger partial charge in [0.1, 0.15) is 0 Å². The molecule has 0 heterocycles. The molecule has 1 aromatic rings. The Balaban J connectivity index is 2.98. The van der Waals surface area contributed by atoms with Crippen LogP contribution in [0.5, 0.6) is 0 Å². The van der Waals surface area contributed by atoms with E-state index in [9.17, 15) is 13.6 Å². The number of rotatable bonds is 5. The van der Waals surface area contributed by atoms with Gasteiger partial charge in [-0.15, -0.1) is 11.6 Å². The summed E-state index contributed by atoms with van der Waals surface area (Å²) in [4.78, 5) is 13.2. The predicted molar refractivity (Wildman–Crippen MR) is 71.5 cm³/mol. The SMILES string of the molecule is Cc1c(Br)cccc1C(=O)N(CCCl)CC(F)F.